The van der Waals surface area contributed by atoms with Gasteiger partial charge >= 0.3 is 5.97 Å². The van der Waals surface area contributed by atoms with Crippen molar-refractivity contribution in [2.24, 2.45) is 10.2 Å². The van der Waals surface area contributed by atoms with Crippen LogP contribution >= 0.6 is 27.7 Å². The van der Waals surface area contributed by atoms with Gasteiger partial charge in [-0.1, -0.05) is 30.0 Å². The van der Waals surface area contributed by atoms with Crippen LogP contribution in [0, 0.1) is 6.92 Å². The number of anilines is 1. The smallest absolute Gasteiger partial charge is 0.305 e. The summed E-state index contributed by atoms with van der Waals surface area (Å²) in [5.41, 5.74) is 2.26. The second kappa shape index (κ2) is 11.7. The summed E-state index contributed by atoms with van der Waals surface area (Å²) < 4.78 is 11.6. The summed E-state index contributed by atoms with van der Waals surface area (Å²) in [7, 11) is 1.47. The van der Waals surface area contributed by atoms with Gasteiger partial charge in [0.15, 0.2) is 23.3 Å². The standard InChI is InChI=1S/C22H21BrN4O6S/c1-12-5-3-4-6-15(12)25-18(28)11-33-20-14(23)7-13(8-16(20)32-2)10-24-27-22-26-21(31)17(34-22)9-19(29)30/h3-8,10,17H,9,11H2,1-2H3,(H,25,28)(H,29,30)(H,26,27,31). The molecule has 0 bridgehead atoms. The molecule has 0 aliphatic carbocycles. The number of amidine groups is 1. The lowest BCUT2D eigenvalue weighted by Gasteiger charge is -2.14. The van der Waals surface area contributed by atoms with Gasteiger partial charge in [0.05, 0.1) is 24.2 Å². The zero-order valence-corrected chi connectivity index (χ0v) is 20.6. The highest BCUT2D eigenvalue weighted by atomic mass is 79.9. The summed E-state index contributed by atoms with van der Waals surface area (Å²) in [5, 5.41) is 21.5. The normalized spacial score (nSPS) is 16.5. The predicted molar refractivity (Wildman–Crippen MR) is 133 cm³/mol. The number of para-hydroxylation sites is 1. The fourth-order valence-electron chi connectivity index (χ4n) is 2.88. The van der Waals surface area contributed by atoms with Crippen molar-refractivity contribution < 1.29 is 29.0 Å². The molecule has 10 nitrogen and oxygen atoms in total. The number of hydrogen-bond donors (Lipinski definition) is 3. The molecule has 1 fully saturated rings. The molecule has 1 unspecified atom stereocenters. The van der Waals surface area contributed by atoms with E-state index in [-0.39, 0.29) is 24.1 Å². The number of halogens is 1. The van der Waals surface area contributed by atoms with Crippen LogP contribution in [0.4, 0.5) is 5.69 Å². The maximum absolute atomic E-state index is 12.3. The highest BCUT2D eigenvalue weighted by Gasteiger charge is 2.32. The molecular weight excluding hydrogens is 528 g/mol. The first-order valence-electron chi connectivity index (χ1n) is 9.93. The average Bonchev–Trinajstić information content (AvgIpc) is 3.12. The van der Waals surface area contributed by atoms with Gasteiger partial charge in [-0.15, -0.1) is 5.10 Å². The minimum Gasteiger partial charge on any atom is -0.493 e. The predicted octanol–water partition coefficient (Wildman–Crippen LogP) is 3.18. The van der Waals surface area contributed by atoms with Crippen molar-refractivity contribution in [3.05, 3.63) is 52.0 Å². The maximum atomic E-state index is 12.3. The van der Waals surface area contributed by atoms with E-state index in [1.54, 1.807) is 12.1 Å². The first-order valence-corrected chi connectivity index (χ1v) is 11.6. The molecule has 2 aromatic rings. The molecule has 1 atom stereocenters. The summed E-state index contributed by atoms with van der Waals surface area (Å²) in [5.74, 6) is -1.08. The van der Waals surface area contributed by atoms with Gasteiger partial charge in [-0.25, -0.2) is 0 Å². The van der Waals surface area contributed by atoms with Gasteiger partial charge in [0.1, 0.15) is 5.25 Å². The quantitative estimate of drug-likeness (QED) is 0.323. The molecule has 0 saturated carbocycles. The number of aryl methyl sites for hydroxylation is 1. The number of aliphatic carboxylic acids is 1. The monoisotopic (exact) mass is 548 g/mol. The van der Waals surface area contributed by atoms with Crippen LogP contribution in [-0.2, 0) is 14.4 Å². The van der Waals surface area contributed by atoms with Crippen molar-refractivity contribution in [1.82, 2.24) is 5.32 Å². The Morgan fingerprint density at radius 1 is 1.32 bits per heavy atom. The number of rotatable bonds is 9. The summed E-state index contributed by atoms with van der Waals surface area (Å²) in [4.78, 5) is 34.8. The van der Waals surface area contributed by atoms with E-state index in [0.29, 0.717) is 27.2 Å². The molecule has 1 aliphatic rings. The fraction of sp³-hybridized carbons (Fsp3) is 0.227. The molecular formula is C22H21BrN4O6S. The average molecular weight is 549 g/mol. The van der Waals surface area contributed by atoms with Gasteiger partial charge < -0.3 is 25.2 Å². The summed E-state index contributed by atoms with van der Waals surface area (Å²) in [6, 6.07) is 10.8. The lowest BCUT2D eigenvalue weighted by atomic mass is 10.2. The number of carbonyl (C=O) groups excluding carboxylic acids is 2. The van der Waals surface area contributed by atoms with E-state index in [1.807, 2.05) is 31.2 Å². The third-order valence-corrected chi connectivity index (χ3v) is 6.17. The lowest BCUT2D eigenvalue weighted by molar-refractivity contribution is -0.138. The number of benzene rings is 2. The number of hydrogen-bond acceptors (Lipinski definition) is 8. The Kier molecular flexibility index (Phi) is 8.66. The number of carboxylic acids is 1. The SMILES string of the molecule is COc1cc(C=NN=C2NC(=O)C(CC(=O)O)S2)cc(Br)c1OCC(=O)Nc1ccccc1C. The number of thioether (sulfide) groups is 1. The highest BCUT2D eigenvalue weighted by Crippen LogP contribution is 2.36. The molecule has 0 radical (unpaired) electrons. The molecule has 178 valence electrons. The number of carboxylic acid groups (broad SMARTS) is 1. The third-order valence-electron chi connectivity index (χ3n) is 4.51. The van der Waals surface area contributed by atoms with Crippen molar-refractivity contribution in [2.75, 3.05) is 19.0 Å². The van der Waals surface area contributed by atoms with Crippen molar-refractivity contribution in [3.63, 3.8) is 0 Å². The number of methoxy groups -OCH3 is 1. The minimum absolute atomic E-state index is 0.221. The maximum Gasteiger partial charge on any atom is 0.305 e. The third kappa shape index (κ3) is 6.81. The van der Waals surface area contributed by atoms with Crippen LogP contribution < -0.4 is 20.1 Å². The lowest BCUT2D eigenvalue weighted by Crippen LogP contribution is -2.26. The van der Waals surface area contributed by atoms with Crippen LogP contribution in [0.1, 0.15) is 17.5 Å². The number of nitrogens with one attached hydrogen (secondary N) is 2. The number of carbonyl (C=O) groups is 3. The van der Waals surface area contributed by atoms with Crippen LogP contribution in [0.3, 0.4) is 0 Å². The molecule has 2 amide bonds. The van der Waals surface area contributed by atoms with E-state index in [2.05, 4.69) is 36.8 Å². The van der Waals surface area contributed by atoms with Crippen LogP contribution in [-0.4, -0.2) is 53.2 Å². The minimum atomic E-state index is -1.07. The molecule has 1 heterocycles. The number of nitrogens with zero attached hydrogens (tertiary/aromatic N) is 2. The highest BCUT2D eigenvalue weighted by molar-refractivity contribution is 9.10. The Bertz CT molecular complexity index is 1170. The Hall–Kier alpha value is -3.38. The fourth-order valence-corrected chi connectivity index (χ4v) is 4.37. The van der Waals surface area contributed by atoms with E-state index < -0.39 is 17.1 Å². The Labute approximate surface area is 207 Å². The largest absolute Gasteiger partial charge is 0.493 e. The molecule has 0 aromatic heterocycles. The molecule has 3 rings (SSSR count). The number of amides is 2. The Morgan fingerprint density at radius 2 is 2.09 bits per heavy atom. The topological polar surface area (TPSA) is 139 Å². The summed E-state index contributed by atoms with van der Waals surface area (Å²) in [6.45, 7) is 1.67. The van der Waals surface area contributed by atoms with Gasteiger partial charge in [0.2, 0.25) is 5.91 Å². The van der Waals surface area contributed by atoms with E-state index in [9.17, 15) is 14.4 Å². The summed E-state index contributed by atoms with van der Waals surface area (Å²) >= 11 is 4.42. The van der Waals surface area contributed by atoms with Crippen molar-refractivity contribution in [1.29, 1.82) is 0 Å². The van der Waals surface area contributed by atoms with E-state index in [1.165, 1.54) is 13.3 Å². The van der Waals surface area contributed by atoms with Gasteiger partial charge in [0, 0.05) is 5.69 Å². The Balaban J connectivity index is 1.64. The van der Waals surface area contributed by atoms with Gasteiger partial charge in [-0.2, -0.15) is 5.10 Å². The van der Waals surface area contributed by atoms with Crippen molar-refractivity contribution in [3.8, 4) is 11.5 Å². The van der Waals surface area contributed by atoms with E-state index >= 15 is 0 Å². The first-order chi connectivity index (χ1) is 16.3. The van der Waals surface area contributed by atoms with Crippen LogP contribution in [0.5, 0.6) is 11.5 Å². The molecule has 0 spiro atoms. The van der Waals surface area contributed by atoms with E-state index in [0.717, 1.165) is 17.3 Å². The molecule has 12 heteroatoms. The summed E-state index contributed by atoms with van der Waals surface area (Å²) in [6.07, 6.45) is 1.14. The van der Waals surface area contributed by atoms with Gasteiger partial charge in [0.25, 0.3) is 5.91 Å². The molecule has 1 aliphatic heterocycles. The molecule has 1 saturated heterocycles. The van der Waals surface area contributed by atoms with Crippen LogP contribution in [0.15, 0.2) is 51.1 Å². The molecule has 3 N–H and O–H groups in total. The van der Waals surface area contributed by atoms with Crippen molar-refractivity contribution in [2.45, 2.75) is 18.6 Å². The molecule has 34 heavy (non-hydrogen) atoms. The van der Waals surface area contributed by atoms with Crippen LogP contribution in [0.25, 0.3) is 0 Å². The van der Waals surface area contributed by atoms with Crippen LogP contribution in [0.2, 0.25) is 0 Å². The zero-order chi connectivity index (χ0) is 24.7. The van der Waals surface area contributed by atoms with Gasteiger partial charge in [-0.05, 0) is 52.2 Å². The van der Waals surface area contributed by atoms with E-state index in [4.69, 9.17) is 14.6 Å². The second-order valence-corrected chi connectivity index (χ2v) is 9.07. The number of ether oxygens (including phenoxy) is 2. The Morgan fingerprint density at radius 3 is 2.79 bits per heavy atom. The zero-order valence-electron chi connectivity index (χ0n) is 18.2. The van der Waals surface area contributed by atoms with Gasteiger partial charge in [-0.3, -0.25) is 14.4 Å². The van der Waals surface area contributed by atoms with Crippen molar-refractivity contribution >= 4 is 62.5 Å². The first kappa shape index (κ1) is 25.2. The molecule has 2 aromatic carbocycles. The second-order valence-electron chi connectivity index (χ2n) is 7.03.